The first-order chi connectivity index (χ1) is 11.1. The molecule has 0 fully saturated rings. The molecule has 5 heteroatoms. The Labute approximate surface area is 136 Å². The third-order valence-electron chi connectivity index (χ3n) is 3.60. The first-order valence-corrected chi connectivity index (χ1v) is 7.47. The van der Waals surface area contributed by atoms with E-state index in [2.05, 4.69) is 16.0 Å². The van der Waals surface area contributed by atoms with Crippen LogP contribution in [-0.2, 0) is 13.1 Å². The van der Waals surface area contributed by atoms with Crippen LogP contribution in [0.4, 0.5) is 4.79 Å². The Morgan fingerprint density at radius 1 is 0.913 bits per heavy atom. The second kappa shape index (κ2) is 7.98. The molecule has 2 aromatic rings. The van der Waals surface area contributed by atoms with Crippen LogP contribution in [-0.4, -0.2) is 19.0 Å². The highest BCUT2D eigenvalue weighted by atomic mass is 16.2. The van der Waals surface area contributed by atoms with E-state index in [-0.39, 0.29) is 11.9 Å². The maximum Gasteiger partial charge on any atom is 0.315 e. The van der Waals surface area contributed by atoms with Crippen LogP contribution in [0.1, 0.15) is 27.0 Å². The summed E-state index contributed by atoms with van der Waals surface area (Å²) in [5, 5.41) is 8.20. The molecule has 120 valence electrons. The van der Waals surface area contributed by atoms with Crippen molar-refractivity contribution in [2.45, 2.75) is 20.0 Å². The van der Waals surface area contributed by atoms with E-state index in [4.69, 9.17) is 0 Å². The number of rotatable bonds is 5. The van der Waals surface area contributed by atoms with Gasteiger partial charge in [0.05, 0.1) is 0 Å². The van der Waals surface area contributed by atoms with Crippen molar-refractivity contribution in [1.29, 1.82) is 0 Å². The summed E-state index contributed by atoms with van der Waals surface area (Å²) in [6.45, 7) is 2.92. The van der Waals surface area contributed by atoms with Gasteiger partial charge >= 0.3 is 6.03 Å². The van der Waals surface area contributed by atoms with Gasteiger partial charge in [0.2, 0.25) is 0 Å². The van der Waals surface area contributed by atoms with Gasteiger partial charge in [-0.05, 0) is 35.7 Å². The summed E-state index contributed by atoms with van der Waals surface area (Å²) < 4.78 is 0. The largest absolute Gasteiger partial charge is 0.355 e. The lowest BCUT2D eigenvalue weighted by Crippen LogP contribution is -2.34. The fourth-order valence-corrected chi connectivity index (χ4v) is 2.15. The molecule has 23 heavy (non-hydrogen) atoms. The molecule has 2 aromatic carbocycles. The molecule has 0 aliphatic heterocycles. The molecule has 3 amide bonds. The number of aryl methyl sites for hydroxylation is 1. The molecule has 2 rings (SSSR count). The molecule has 0 heterocycles. The first-order valence-electron chi connectivity index (χ1n) is 7.47. The summed E-state index contributed by atoms with van der Waals surface area (Å²) in [4.78, 5) is 23.3. The number of nitrogens with one attached hydrogen (secondary N) is 3. The number of benzene rings is 2. The molecular formula is C18H21N3O2. The van der Waals surface area contributed by atoms with Crippen molar-refractivity contribution in [3.63, 3.8) is 0 Å². The Hall–Kier alpha value is -2.82. The van der Waals surface area contributed by atoms with Gasteiger partial charge in [-0.3, -0.25) is 4.79 Å². The Kier molecular flexibility index (Phi) is 5.74. The molecule has 0 saturated heterocycles. The van der Waals surface area contributed by atoms with Crippen molar-refractivity contribution in [1.82, 2.24) is 16.0 Å². The number of hydrogen-bond acceptors (Lipinski definition) is 2. The fourth-order valence-electron chi connectivity index (χ4n) is 2.15. The van der Waals surface area contributed by atoms with Crippen LogP contribution in [0, 0.1) is 6.92 Å². The van der Waals surface area contributed by atoms with Crippen molar-refractivity contribution in [2.24, 2.45) is 0 Å². The highest BCUT2D eigenvalue weighted by molar-refractivity contribution is 5.93. The zero-order chi connectivity index (χ0) is 16.7. The first kappa shape index (κ1) is 16.5. The maximum absolute atomic E-state index is 11.8. The number of hydrogen-bond donors (Lipinski definition) is 3. The van der Waals surface area contributed by atoms with Gasteiger partial charge in [0, 0.05) is 25.7 Å². The van der Waals surface area contributed by atoms with E-state index in [9.17, 15) is 9.59 Å². The van der Waals surface area contributed by atoms with Crippen LogP contribution in [0.15, 0.2) is 48.5 Å². The molecule has 0 radical (unpaired) electrons. The number of urea groups is 1. The zero-order valence-electron chi connectivity index (χ0n) is 13.3. The van der Waals surface area contributed by atoms with Crippen LogP contribution in [0.5, 0.6) is 0 Å². The van der Waals surface area contributed by atoms with Crippen molar-refractivity contribution in [3.8, 4) is 0 Å². The predicted octanol–water partition coefficient (Wildman–Crippen LogP) is 2.35. The smallest absolute Gasteiger partial charge is 0.315 e. The molecule has 0 atom stereocenters. The molecule has 0 saturated carbocycles. The monoisotopic (exact) mass is 311 g/mol. The van der Waals surface area contributed by atoms with E-state index in [1.54, 1.807) is 19.2 Å². The van der Waals surface area contributed by atoms with Crippen LogP contribution < -0.4 is 16.0 Å². The van der Waals surface area contributed by atoms with E-state index in [1.807, 2.05) is 43.3 Å². The minimum Gasteiger partial charge on any atom is -0.355 e. The Balaban J connectivity index is 1.80. The average Bonchev–Trinajstić information content (AvgIpc) is 2.59. The third kappa shape index (κ3) is 4.85. The van der Waals surface area contributed by atoms with Crippen LogP contribution >= 0.6 is 0 Å². The summed E-state index contributed by atoms with van der Waals surface area (Å²) in [7, 11) is 1.59. The maximum atomic E-state index is 11.8. The SMILES string of the molecule is CNC(=O)c1ccc(CNC(=O)NCc2ccccc2C)cc1. The van der Waals surface area contributed by atoms with Gasteiger partial charge in [-0.15, -0.1) is 0 Å². The van der Waals surface area contributed by atoms with E-state index in [0.29, 0.717) is 18.7 Å². The van der Waals surface area contributed by atoms with Gasteiger partial charge in [-0.25, -0.2) is 4.79 Å². The highest BCUT2D eigenvalue weighted by Gasteiger charge is 2.04. The van der Waals surface area contributed by atoms with E-state index in [0.717, 1.165) is 16.7 Å². The molecular weight excluding hydrogens is 290 g/mol. The lowest BCUT2D eigenvalue weighted by molar-refractivity contribution is 0.0963. The normalized spacial score (nSPS) is 10.0. The summed E-state index contributed by atoms with van der Waals surface area (Å²) in [5.41, 5.74) is 3.78. The Bertz CT molecular complexity index is 681. The van der Waals surface area contributed by atoms with E-state index < -0.39 is 0 Å². The van der Waals surface area contributed by atoms with Crippen LogP contribution in [0.25, 0.3) is 0 Å². The molecule has 0 aromatic heterocycles. The standard InChI is InChI=1S/C18H21N3O2/c1-13-5-3-4-6-16(13)12-21-18(23)20-11-14-7-9-15(10-8-14)17(22)19-2/h3-10H,11-12H2,1-2H3,(H,19,22)(H2,20,21,23). The Morgan fingerprint density at radius 3 is 2.22 bits per heavy atom. The second-order valence-electron chi connectivity index (χ2n) is 5.24. The topological polar surface area (TPSA) is 70.2 Å². The van der Waals surface area contributed by atoms with Gasteiger partial charge in [-0.1, -0.05) is 36.4 Å². The number of carbonyl (C=O) groups is 2. The van der Waals surface area contributed by atoms with Gasteiger partial charge in [0.25, 0.3) is 5.91 Å². The highest BCUT2D eigenvalue weighted by Crippen LogP contribution is 2.06. The average molecular weight is 311 g/mol. The summed E-state index contributed by atoms with van der Waals surface area (Å²) in [6.07, 6.45) is 0. The summed E-state index contributed by atoms with van der Waals surface area (Å²) >= 11 is 0. The van der Waals surface area contributed by atoms with Gasteiger partial charge in [-0.2, -0.15) is 0 Å². The molecule has 0 unspecified atom stereocenters. The molecule has 0 aliphatic carbocycles. The lowest BCUT2D eigenvalue weighted by atomic mass is 10.1. The van der Waals surface area contributed by atoms with Gasteiger partial charge < -0.3 is 16.0 Å². The molecule has 0 bridgehead atoms. The fraction of sp³-hybridized carbons (Fsp3) is 0.222. The second-order valence-corrected chi connectivity index (χ2v) is 5.24. The zero-order valence-corrected chi connectivity index (χ0v) is 13.3. The van der Waals surface area contributed by atoms with Crippen LogP contribution in [0.2, 0.25) is 0 Å². The Morgan fingerprint density at radius 2 is 1.57 bits per heavy atom. The minimum absolute atomic E-state index is 0.125. The van der Waals surface area contributed by atoms with Gasteiger partial charge in [0.15, 0.2) is 0 Å². The summed E-state index contributed by atoms with van der Waals surface area (Å²) in [5.74, 6) is -0.125. The number of amides is 3. The molecule has 0 spiro atoms. The molecule has 0 aliphatic rings. The van der Waals surface area contributed by atoms with Crippen molar-refractivity contribution >= 4 is 11.9 Å². The molecule has 5 nitrogen and oxygen atoms in total. The van der Waals surface area contributed by atoms with E-state index in [1.165, 1.54) is 0 Å². The summed E-state index contributed by atoms with van der Waals surface area (Å²) in [6, 6.07) is 14.8. The van der Waals surface area contributed by atoms with Crippen molar-refractivity contribution in [3.05, 3.63) is 70.8 Å². The van der Waals surface area contributed by atoms with Crippen molar-refractivity contribution in [2.75, 3.05) is 7.05 Å². The minimum atomic E-state index is -0.219. The quantitative estimate of drug-likeness (QED) is 0.793. The van der Waals surface area contributed by atoms with Crippen molar-refractivity contribution < 1.29 is 9.59 Å². The predicted molar refractivity (Wildman–Crippen MR) is 90.1 cm³/mol. The van der Waals surface area contributed by atoms with E-state index >= 15 is 0 Å². The molecule has 3 N–H and O–H groups in total. The van der Waals surface area contributed by atoms with Crippen LogP contribution in [0.3, 0.4) is 0 Å². The lowest BCUT2D eigenvalue weighted by Gasteiger charge is -2.10. The number of carbonyl (C=O) groups excluding carboxylic acids is 2. The third-order valence-corrected chi connectivity index (χ3v) is 3.60. The van der Waals surface area contributed by atoms with Gasteiger partial charge in [0.1, 0.15) is 0 Å².